The first kappa shape index (κ1) is 20.4. The summed E-state index contributed by atoms with van der Waals surface area (Å²) in [5.41, 5.74) is 2.71. The Bertz CT molecular complexity index is 1070. The van der Waals surface area contributed by atoms with E-state index in [0.29, 0.717) is 16.3 Å². The molecule has 0 bridgehead atoms. The van der Waals surface area contributed by atoms with Crippen LogP contribution >= 0.6 is 11.6 Å². The van der Waals surface area contributed by atoms with Gasteiger partial charge in [-0.05, 0) is 42.8 Å². The number of carbonyl (C=O) groups is 2. The number of methoxy groups -OCH3 is 1. The molecule has 0 aromatic heterocycles. The van der Waals surface area contributed by atoms with Crippen LogP contribution in [-0.2, 0) is 0 Å². The van der Waals surface area contributed by atoms with E-state index < -0.39 is 5.97 Å². The van der Waals surface area contributed by atoms with E-state index in [9.17, 15) is 9.59 Å². The Kier molecular flexibility index (Phi) is 6.47. The standard InChI is InChI=1S/C24H19ClO4/c1-16-7-11-18(12-8-16)21(26)13-9-17-10-14-22(23(15-17)28-2)29-24(27)19-5-3-4-6-20(19)25/h3-15H,1-2H3. The van der Waals surface area contributed by atoms with E-state index >= 15 is 0 Å². The quantitative estimate of drug-likeness (QED) is 0.225. The molecule has 3 rings (SSSR count). The summed E-state index contributed by atoms with van der Waals surface area (Å²) in [5, 5.41) is 0.311. The molecule has 0 spiro atoms. The molecule has 0 aliphatic rings. The molecule has 0 saturated heterocycles. The van der Waals surface area contributed by atoms with Crippen LogP contribution < -0.4 is 9.47 Å². The van der Waals surface area contributed by atoms with E-state index in [1.165, 1.54) is 13.2 Å². The minimum Gasteiger partial charge on any atom is -0.493 e. The molecule has 3 aromatic rings. The molecule has 0 N–H and O–H groups in total. The second-order valence-corrected chi connectivity index (χ2v) is 6.75. The SMILES string of the molecule is COc1cc(C=CC(=O)c2ccc(C)cc2)ccc1OC(=O)c1ccccc1Cl. The number of ether oxygens (including phenoxy) is 2. The van der Waals surface area contributed by atoms with Gasteiger partial charge >= 0.3 is 5.97 Å². The molecule has 0 aliphatic carbocycles. The van der Waals surface area contributed by atoms with Crippen LogP contribution in [0.1, 0.15) is 31.8 Å². The molecule has 0 heterocycles. The zero-order valence-electron chi connectivity index (χ0n) is 16.0. The summed E-state index contributed by atoms with van der Waals surface area (Å²) in [6, 6.07) is 19.1. The molecule has 4 nitrogen and oxygen atoms in total. The van der Waals surface area contributed by atoms with Crippen molar-refractivity contribution in [1.82, 2.24) is 0 Å². The monoisotopic (exact) mass is 406 g/mol. The fourth-order valence-corrected chi connectivity index (χ4v) is 2.85. The summed E-state index contributed by atoms with van der Waals surface area (Å²) in [5.74, 6) is -0.0419. The zero-order chi connectivity index (χ0) is 20.8. The third-order valence-electron chi connectivity index (χ3n) is 4.25. The van der Waals surface area contributed by atoms with Gasteiger partial charge in [-0.3, -0.25) is 4.79 Å². The van der Waals surface area contributed by atoms with Crippen LogP contribution in [0.4, 0.5) is 0 Å². The second-order valence-electron chi connectivity index (χ2n) is 6.34. The fraction of sp³-hybridized carbons (Fsp3) is 0.0833. The first-order valence-electron chi connectivity index (χ1n) is 8.92. The molecule has 0 unspecified atom stereocenters. The summed E-state index contributed by atoms with van der Waals surface area (Å²) in [4.78, 5) is 24.6. The first-order valence-corrected chi connectivity index (χ1v) is 9.29. The minimum absolute atomic E-state index is 0.0989. The van der Waals surface area contributed by atoms with Crippen molar-refractivity contribution in [2.45, 2.75) is 6.92 Å². The molecule has 0 saturated carbocycles. The highest BCUT2D eigenvalue weighted by atomic mass is 35.5. The van der Waals surface area contributed by atoms with Crippen LogP contribution in [0.3, 0.4) is 0 Å². The largest absolute Gasteiger partial charge is 0.493 e. The minimum atomic E-state index is -0.577. The summed E-state index contributed by atoms with van der Waals surface area (Å²) in [6.45, 7) is 1.97. The predicted molar refractivity (Wildman–Crippen MR) is 114 cm³/mol. The molecular formula is C24H19ClO4. The number of ketones is 1. The van der Waals surface area contributed by atoms with E-state index in [4.69, 9.17) is 21.1 Å². The smallest absolute Gasteiger partial charge is 0.345 e. The van der Waals surface area contributed by atoms with Gasteiger partial charge in [0, 0.05) is 5.56 Å². The normalized spacial score (nSPS) is 10.7. The molecule has 5 heteroatoms. The Balaban J connectivity index is 1.76. The van der Waals surface area contributed by atoms with Gasteiger partial charge < -0.3 is 9.47 Å². The second kappa shape index (κ2) is 9.22. The number of rotatable bonds is 6. The van der Waals surface area contributed by atoms with Gasteiger partial charge in [-0.25, -0.2) is 4.79 Å². The first-order chi connectivity index (χ1) is 14.0. The van der Waals surface area contributed by atoms with Crippen LogP contribution in [0, 0.1) is 6.92 Å². The molecule has 0 fully saturated rings. The number of benzene rings is 3. The molecule has 146 valence electrons. The van der Waals surface area contributed by atoms with Gasteiger partial charge in [0.15, 0.2) is 17.3 Å². The summed E-state index contributed by atoms with van der Waals surface area (Å²) in [6.07, 6.45) is 3.18. The number of halogens is 1. The maximum atomic E-state index is 12.4. The third-order valence-corrected chi connectivity index (χ3v) is 4.58. The lowest BCUT2D eigenvalue weighted by Gasteiger charge is -2.10. The molecule has 29 heavy (non-hydrogen) atoms. The van der Waals surface area contributed by atoms with Crippen molar-refractivity contribution in [3.63, 3.8) is 0 Å². The molecule has 0 radical (unpaired) electrons. The van der Waals surface area contributed by atoms with Crippen molar-refractivity contribution < 1.29 is 19.1 Å². The highest BCUT2D eigenvalue weighted by Gasteiger charge is 2.15. The Labute approximate surface area is 174 Å². The van der Waals surface area contributed by atoms with Crippen molar-refractivity contribution in [2.24, 2.45) is 0 Å². The van der Waals surface area contributed by atoms with Gasteiger partial charge in [-0.1, -0.05) is 65.7 Å². The number of allylic oxidation sites excluding steroid dienone is 1. The van der Waals surface area contributed by atoms with Crippen molar-refractivity contribution in [3.8, 4) is 11.5 Å². The van der Waals surface area contributed by atoms with Gasteiger partial charge in [0.2, 0.25) is 0 Å². The summed E-state index contributed by atoms with van der Waals surface area (Å²) < 4.78 is 10.8. The van der Waals surface area contributed by atoms with Crippen molar-refractivity contribution in [3.05, 3.63) is 100 Å². The number of aryl methyl sites for hydroxylation is 1. The highest BCUT2D eigenvalue weighted by molar-refractivity contribution is 6.33. The maximum Gasteiger partial charge on any atom is 0.345 e. The molecule has 0 aliphatic heterocycles. The summed E-state index contributed by atoms with van der Waals surface area (Å²) in [7, 11) is 1.48. The van der Waals surface area contributed by atoms with Crippen LogP contribution in [0.5, 0.6) is 11.5 Å². The average molecular weight is 407 g/mol. The van der Waals surface area contributed by atoms with E-state index in [1.54, 1.807) is 60.7 Å². The van der Waals surface area contributed by atoms with E-state index in [1.807, 2.05) is 19.1 Å². The van der Waals surface area contributed by atoms with E-state index in [0.717, 1.165) is 11.1 Å². The molecule has 0 atom stereocenters. The third kappa shape index (κ3) is 5.12. The highest BCUT2D eigenvalue weighted by Crippen LogP contribution is 2.30. The average Bonchev–Trinajstić information content (AvgIpc) is 2.73. The Morgan fingerprint density at radius 2 is 1.66 bits per heavy atom. The zero-order valence-corrected chi connectivity index (χ0v) is 16.8. The summed E-state index contributed by atoms with van der Waals surface area (Å²) >= 11 is 6.04. The number of hydrogen-bond acceptors (Lipinski definition) is 4. The predicted octanol–water partition coefficient (Wildman–Crippen LogP) is 5.77. The molecule has 3 aromatic carbocycles. The van der Waals surface area contributed by atoms with E-state index in [-0.39, 0.29) is 17.1 Å². The van der Waals surface area contributed by atoms with Crippen LogP contribution in [0.25, 0.3) is 6.08 Å². The molecule has 0 amide bonds. The lowest BCUT2D eigenvalue weighted by molar-refractivity contribution is 0.0729. The topological polar surface area (TPSA) is 52.6 Å². The molecular weight excluding hydrogens is 388 g/mol. The van der Waals surface area contributed by atoms with Crippen molar-refractivity contribution >= 4 is 29.4 Å². The van der Waals surface area contributed by atoms with Crippen LogP contribution in [0.15, 0.2) is 72.8 Å². The maximum absolute atomic E-state index is 12.4. The van der Waals surface area contributed by atoms with E-state index in [2.05, 4.69) is 0 Å². The van der Waals surface area contributed by atoms with Gasteiger partial charge in [-0.2, -0.15) is 0 Å². The van der Waals surface area contributed by atoms with Crippen LogP contribution in [0.2, 0.25) is 5.02 Å². The van der Waals surface area contributed by atoms with Gasteiger partial charge in [0.1, 0.15) is 0 Å². The van der Waals surface area contributed by atoms with Crippen molar-refractivity contribution in [2.75, 3.05) is 7.11 Å². The Hall–Kier alpha value is -3.37. The number of hydrogen-bond donors (Lipinski definition) is 0. The Morgan fingerprint density at radius 3 is 2.34 bits per heavy atom. The fourth-order valence-electron chi connectivity index (χ4n) is 2.64. The Morgan fingerprint density at radius 1 is 0.931 bits per heavy atom. The van der Waals surface area contributed by atoms with Gasteiger partial charge in [0.25, 0.3) is 0 Å². The lowest BCUT2D eigenvalue weighted by Crippen LogP contribution is -2.09. The van der Waals surface area contributed by atoms with Gasteiger partial charge in [0.05, 0.1) is 17.7 Å². The lowest BCUT2D eigenvalue weighted by atomic mass is 10.1. The van der Waals surface area contributed by atoms with Crippen LogP contribution in [-0.4, -0.2) is 18.9 Å². The number of esters is 1. The van der Waals surface area contributed by atoms with Crippen molar-refractivity contribution in [1.29, 1.82) is 0 Å². The number of carbonyl (C=O) groups excluding carboxylic acids is 2. The van der Waals surface area contributed by atoms with Gasteiger partial charge in [-0.15, -0.1) is 0 Å².